The number of ether oxygens (including phenoxy) is 1. The zero-order valence-corrected chi connectivity index (χ0v) is 12.1. The molecule has 0 saturated carbocycles. The number of anilines is 1. The van der Waals surface area contributed by atoms with E-state index in [9.17, 15) is 5.11 Å². The minimum absolute atomic E-state index is 0.368. The van der Waals surface area contributed by atoms with E-state index in [1.54, 1.807) is 20.1 Å². The Morgan fingerprint density at radius 2 is 2.28 bits per heavy atom. The number of methoxy groups -OCH3 is 1. The van der Waals surface area contributed by atoms with Gasteiger partial charge in [0.05, 0.1) is 16.9 Å². The molecule has 0 amide bonds. The average molecular weight is 313 g/mol. The number of hydrogen-bond acceptors (Lipinski definition) is 4. The van der Waals surface area contributed by atoms with Crippen LogP contribution in [-0.4, -0.2) is 31.0 Å². The Labute approximate surface area is 116 Å². The van der Waals surface area contributed by atoms with Gasteiger partial charge in [-0.05, 0) is 25.1 Å². The molecule has 0 radical (unpaired) electrons. The molecule has 2 N–H and O–H groups in total. The average Bonchev–Trinajstić information content (AvgIpc) is 2.35. The van der Waals surface area contributed by atoms with Gasteiger partial charge in [-0.2, -0.15) is 5.26 Å². The van der Waals surface area contributed by atoms with E-state index in [1.807, 2.05) is 12.1 Å². The second kappa shape index (κ2) is 6.74. The molecule has 0 saturated heterocycles. The van der Waals surface area contributed by atoms with Crippen LogP contribution in [0.2, 0.25) is 0 Å². The summed E-state index contributed by atoms with van der Waals surface area (Å²) in [4.78, 5) is 0. The molecule has 0 bridgehead atoms. The maximum Gasteiger partial charge on any atom is 0.101 e. The second-order valence-corrected chi connectivity index (χ2v) is 5.31. The highest BCUT2D eigenvalue weighted by molar-refractivity contribution is 9.10. The Kier molecular flexibility index (Phi) is 5.60. The van der Waals surface area contributed by atoms with Crippen molar-refractivity contribution in [2.24, 2.45) is 0 Å². The first-order valence-electron chi connectivity index (χ1n) is 5.63. The van der Waals surface area contributed by atoms with E-state index in [2.05, 4.69) is 27.3 Å². The van der Waals surface area contributed by atoms with Crippen molar-refractivity contribution in [3.63, 3.8) is 0 Å². The van der Waals surface area contributed by atoms with Crippen molar-refractivity contribution in [1.29, 1.82) is 5.26 Å². The molecular formula is C13H17BrN2O2. The van der Waals surface area contributed by atoms with Crippen LogP contribution < -0.4 is 5.32 Å². The molecule has 1 aromatic carbocycles. The number of benzene rings is 1. The van der Waals surface area contributed by atoms with Gasteiger partial charge < -0.3 is 15.2 Å². The van der Waals surface area contributed by atoms with Crippen LogP contribution in [0.3, 0.4) is 0 Å². The number of halogens is 1. The van der Waals surface area contributed by atoms with Crippen molar-refractivity contribution in [3.8, 4) is 6.07 Å². The van der Waals surface area contributed by atoms with Gasteiger partial charge in [0.25, 0.3) is 0 Å². The number of rotatable bonds is 6. The molecular weight excluding hydrogens is 296 g/mol. The molecule has 0 fully saturated rings. The Balaban J connectivity index is 2.66. The maximum absolute atomic E-state index is 10.1. The molecule has 1 rings (SSSR count). The van der Waals surface area contributed by atoms with Gasteiger partial charge in [0.1, 0.15) is 6.07 Å². The minimum Gasteiger partial charge on any atom is -0.388 e. The molecule has 0 aliphatic rings. The first-order valence-corrected chi connectivity index (χ1v) is 6.42. The van der Waals surface area contributed by atoms with Crippen LogP contribution in [0.1, 0.15) is 18.9 Å². The van der Waals surface area contributed by atoms with Crippen LogP contribution in [-0.2, 0) is 4.74 Å². The fourth-order valence-corrected chi connectivity index (χ4v) is 1.82. The highest BCUT2D eigenvalue weighted by atomic mass is 79.9. The first kappa shape index (κ1) is 15.0. The van der Waals surface area contributed by atoms with Crippen LogP contribution in [0.15, 0.2) is 22.7 Å². The molecule has 0 heterocycles. The van der Waals surface area contributed by atoms with Crippen molar-refractivity contribution in [1.82, 2.24) is 0 Å². The highest BCUT2D eigenvalue weighted by Crippen LogP contribution is 2.21. The SMILES string of the molecule is COCCC(C)(O)CNc1ccc(Br)cc1C#N. The lowest BCUT2D eigenvalue weighted by molar-refractivity contribution is 0.0357. The van der Waals surface area contributed by atoms with Crippen molar-refractivity contribution < 1.29 is 9.84 Å². The van der Waals surface area contributed by atoms with Crippen LogP contribution >= 0.6 is 15.9 Å². The lowest BCUT2D eigenvalue weighted by atomic mass is 10.0. The summed E-state index contributed by atoms with van der Waals surface area (Å²) in [7, 11) is 1.60. The van der Waals surface area contributed by atoms with Gasteiger partial charge in [-0.25, -0.2) is 0 Å². The Bertz CT molecular complexity index is 441. The summed E-state index contributed by atoms with van der Waals surface area (Å²) in [6.07, 6.45) is 0.537. The maximum atomic E-state index is 10.1. The molecule has 1 aromatic rings. The Hall–Kier alpha value is -1.09. The molecule has 1 unspecified atom stereocenters. The fraction of sp³-hybridized carbons (Fsp3) is 0.462. The van der Waals surface area contributed by atoms with Gasteiger partial charge in [-0.1, -0.05) is 15.9 Å². The third-order valence-electron chi connectivity index (χ3n) is 2.61. The summed E-state index contributed by atoms with van der Waals surface area (Å²) in [5.74, 6) is 0. The van der Waals surface area contributed by atoms with Gasteiger partial charge in [-0.3, -0.25) is 0 Å². The molecule has 0 aliphatic heterocycles. The molecule has 4 nitrogen and oxygen atoms in total. The number of nitrogens with one attached hydrogen (secondary N) is 1. The van der Waals surface area contributed by atoms with E-state index in [4.69, 9.17) is 10.00 Å². The topological polar surface area (TPSA) is 65.3 Å². The zero-order chi connectivity index (χ0) is 13.6. The second-order valence-electron chi connectivity index (χ2n) is 4.40. The van der Waals surface area contributed by atoms with E-state index < -0.39 is 5.60 Å². The van der Waals surface area contributed by atoms with E-state index in [0.717, 1.165) is 10.2 Å². The van der Waals surface area contributed by atoms with Crippen molar-refractivity contribution in [2.75, 3.05) is 25.6 Å². The number of nitriles is 1. The molecule has 1 atom stereocenters. The quantitative estimate of drug-likeness (QED) is 0.847. The lowest BCUT2D eigenvalue weighted by Gasteiger charge is -2.24. The molecule has 98 valence electrons. The Morgan fingerprint density at radius 3 is 2.89 bits per heavy atom. The number of nitrogens with zero attached hydrogens (tertiary/aromatic N) is 1. The first-order chi connectivity index (χ1) is 8.48. The van der Waals surface area contributed by atoms with E-state index in [0.29, 0.717) is 25.1 Å². The smallest absolute Gasteiger partial charge is 0.101 e. The van der Waals surface area contributed by atoms with Gasteiger partial charge in [0, 0.05) is 31.2 Å². The molecule has 5 heteroatoms. The predicted octanol–water partition coefficient (Wildman–Crippen LogP) is 2.52. The van der Waals surface area contributed by atoms with Gasteiger partial charge >= 0.3 is 0 Å². The summed E-state index contributed by atoms with van der Waals surface area (Å²) in [6.45, 7) is 2.61. The normalized spacial score (nSPS) is 13.7. The number of hydrogen-bond donors (Lipinski definition) is 2. The monoisotopic (exact) mass is 312 g/mol. The third-order valence-corrected chi connectivity index (χ3v) is 3.10. The Morgan fingerprint density at radius 1 is 1.56 bits per heavy atom. The molecule has 0 spiro atoms. The van der Waals surface area contributed by atoms with Crippen molar-refractivity contribution >= 4 is 21.6 Å². The van der Waals surface area contributed by atoms with E-state index in [-0.39, 0.29) is 0 Å². The third kappa shape index (κ3) is 4.65. The summed E-state index contributed by atoms with van der Waals surface area (Å²) in [6, 6.07) is 7.53. The molecule has 0 aliphatic carbocycles. The van der Waals surface area contributed by atoms with Crippen molar-refractivity contribution in [3.05, 3.63) is 28.2 Å². The summed E-state index contributed by atoms with van der Waals surface area (Å²) < 4.78 is 5.80. The van der Waals surface area contributed by atoms with Gasteiger partial charge in [0.2, 0.25) is 0 Å². The van der Waals surface area contributed by atoms with Crippen LogP contribution in [0, 0.1) is 11.3 Å². The van der Waals surface area contributed by atoms with E-state index in [1.165, 1.54) is 0 Å². The number of aliphatic hydroxyl groups is 1. The van der Waals surface area contributed by atoms with Gasteiger partial charge in [-0.15, -0.1) is 0 Å². The van der Waals surface area contributed by atoms with Crippen molar-refractivity contribution in [2.45, 2.75) is 18.9 Å². The van der Waals surface area contributed by atoms with E-state index >= 15 is 0 Å². The summed E-state index contributed by atoms with van der Waals surface area (Å²) in [5, 5.41) is 22.2. The lowest BCUT2D eigenvalue weighted by Crippen LogP contribution is -2.34. The standard InChI is InChI=1S/C13H17BrN2O2/c1-13(17,5-6-18-2)9-16-12-4-3-11(14)7-10(12)8-15/h3-4,7,16-17H,5-6,9H2,1-2H3. The van der Waals surface area contributed by atoms with Crippen LogP contribution in [0.5, 0.6) is 0 Å². The zero-order valence-electron chi connectivity index (χ0n) is 10.5. The highest BCUT2D eigenvalue weighted by Gasteiger charge is 2.20. The minimum atomic E-state index is -0.865. The molecule has 0 aromatic heterocycles. The molecule has 18 heavy (non-hydrogen) atoms. The largest absolute Gasteiger partial charge is 0.388 e. The summed E-state index contributed by atoms with van der Waals surface area (Å²) in [5.41, 5.74) is 0.404. The van der Waals surface area contributed by atoms with Crippen LogP contribution in [0.4, 0.5) is 5.69 Å². The fourth-order valence-electron chi connectivity index (χ4n) is 1.46. The summed E-state index contributed by atoms with van der Waals surface area (Å²) >= 11 is 3.32. The predicted molar refractivity (Wildman–Crippen MR) is 74.5 cm³/mol. The van der Waals surface area contributed by atoms with Gasteiger partial charge in [0.15, 0.2) is 0 Å². The van der Waals surface area contributed by atoms with Crippen LogP contribution in [0.25, 0.3) is 0 Å².